The van der Waals surface area contributed by atoms with Crippen molar-refractivity contribution in [3.8, 4) is 0 Å². The molecular weight excluding hydrogens is 288 g/mol. The number of likely N-dealkylation sites (tertiary alicyclic amines) is 1. The van der Waals surface area contributed by atoms with E-state index in [1.54, 1.807) is 20.8 Å². The fourth-order valence-corrected chi connectivity index (χ4v) is 2.20. The van der Waals surface area contributed by atoms with Gasteiger partial charge in [-0.1, -0.05) is 13.8 Å². The average Bonchev–Trinajstić information content (AvgIpc) is 2.29. The van der Waals surface area contributed by atoms with Crippen LogP contribution in [0.3, 0.4) is 0 Å². The van der Waals surface area contributed by atoms with Gasteiger partial charge in [0.2, 0.25) is 0 Å². The Kier molecular flexibility index (Phi) is 5.46. The number of nitrogens with zero attached hydrogens (tertiary/aromatic N) is 1. The van der Waals surface area contributed by atoms with Crippen molar-refractivity contribution in [1.29, 1.82) is 0 Å². The monoisotopic (exact) mass is 316 g/mol. The van der Waals surface area contributed by atoms with E-state index in [0.29, 0.717) is 6.54 Å². The predicted octanol–water partition coefficient (Wildman–Crippen LogP) is 1.06. The Balaban J connectivity index is 2.63. The summed E-state index contributed by atoms with van der Waals surface area (Å²) in [5, 5.41) is 21.6. The highest BCUT2D eigenvalue weighted by atomic mass is 16.6. The molecule has 0 aromatic rings. The molecule has 0 radical (unpaired) electrons. The molecule has 0 aromatic carbocycles. The molecule has 1 fully saturated rings. The van der Waals surface area contributed by atoms with Gasteiger partial charge in [0.25, 0.3) is 0 Å². The number of nitrogens with one attached hydrogen (secondary N) is 1. The number of ether oxygens (including phenoxy) is 1. The summed E-state index contributed by atoms with van der Waals surface area (Å²) in [7, 11) is 0. The second kappa shape index (κ2) is 6.42. The second-order valence-electron chi connectivity index (χ2n) is 7.86. The van der Waals surface area contributed by atoms with Crippen LogP contribution in [0.4, 0.5) is 4.79 Å². The summed E-state index contributed by atoms with van der Waals surface area (Å²) in [6.45, 7) is 10.2. The number of amides is 1. The molecule has 0 saturated carbocycles. The minimum atomic E-state index is -0.918. The quantitative estimate of drug-likeness (QED) is 0.677. The van der Waals surface area contributed by atoms with Crippen molar-refractivity contribution in [1.82, 2.24) is 10.2 Å². The van der Waals surface area contributed by atoms with E-state index in [4.69, 9.17) is 9.84 Å². The van der Waals surface area contributed by atoms with Crippen molar-refractivity contribution in [2.24, 2.45) is 5.41 Å². The van der Waals surface area contributed by atoms with Crippen LogP contribution < -0.4 is 5.32 Å². The predicted molar refractivity (Wildman–Crippen MR) is 81.7 cm³/mol. The molecule has 22 heavy (non-hydrogen) atoms. The highest BCUT2D eigenvalue weighted by molar-refractivity contribution is 5.73. The van der Waals surface area contributed by atoms with Gasteiger partial charge in [-0.3, -0.25) is 4.79 Å². The molecule has 0 spiro atoms. The van der Waals surface area contributed by atoms with Crippen LogP contribution in [-0.4, -0.2) is 64.6 Å². The van der Waals surface area contributed by atoms with Crippen molar-refractivity contribution in [2.45, 2.75) is 52.2 Å². The standard InChI is InChI=1S/C15H28N2O5/c1-13(2,3)22-12(21)17-8-15(9-17,6-11(19)20)16-7-14(4,5)10-18/h16,18H,6-10H2,1-5H3,(H,19,20). The molecule has 0 aromatic heterocycles. The molecular formula is C15H28N2O5. The normalized spacial score (nSPS) is 17.8. The molecule has 1 amide bonds. The van der Waals surface area contributed by atoms with Crippen molar-refractivity contribution in [3.63, 3.8) is 0 Å². The Labute approximate surface area is 131 Å². The van der Waals surface area contributed by atoms with Gasteiger partial charge in [0.15, 0.2) is 0 Å². The fraction of sp³-hybridized carbons (Fsp3) is 0.867. The maximum Gasteiger partial charge on any atom is 0.410 e. The van der Waals surface area contributed by atoms with E-state index in [9.17, 15) is 14.7 Å². The van der Waals surface area contributed by atoms with Gasteiger partial charge in [-0.15, -0.1) is 0 Å². The van der Waals surface area contributed by atoms with Gasteiger partial charge in [-0.25, -0.2) is 4.79 Å². The zero-order chi connectivity index (χ0) is 17.2. The minimum absolute atomic E-state index is 0.00106. The zero-order valence-electron chi connectivity index (χ0n) is 14.1. The second-order valence-corrected chi connectivity index (χ2v) is 7.86. The van der Waals surface area contributed by atoms with E-state index in [0.717, 1.165) is 0 Å². The van der Waals surface area contributed by atoms with Crippen LogP contribution in [0.5, 0.6) is 0 Å². The Morgan fingerprint density at radius 2 is 1.77 bits per heavy atom. The topological polar surface area (TPSA) is 99.1 Å². The first-order chi connectivity index (χ1) is 9.88. The number of carbonyl (C=O) groups is 2. The number of hydrogen-bond donors (Lipinski definition) is 3. The molecule has 7 heteroatoms. The molecule has 0 bridgehead atoms. The van der Waals surface area contributed by atoms with E-state index in [-0.39, 0.29) is 31.5 Å². The van der Waals surface area contributed by atoms with Crippen molar-refractivity contribution in [3.05, 3.63) is 0 Å². The summed E-state index contributed by atoms with van der Waals surface area (Å²) < 4.78 is 5.28. The van der Waals surface area contributed by atoms with Gasteiger partial charge in [0.1, 0.15) is 5.60 Å². The molecule has 128 valence electrons. The summed E-state index contributed by atoms with van der Waals surface area (Å²) >= 11 is 0. The average molecular weight is 316 g/mol. The number of aliphatic carboxylic acids is 1. The minimum Gasteiger partial charge on any atom is -0.481 e. The van der Waals surface area contributed by atoms with Crippen LogP contribution in [0.1, 0.15) is 41.0 Å². The maximum atomic E-state index is 12.0. The van der Waals surface area contributed by atoms with Gasteiger partial charge in [0, 0.05) is 31.7 Å². The van der Waals surface area contributed by atoms with Gasteiger partial charge < -0.3 is 25.2 Å². The summed E-state index contributed by atoms with van der Waals surface area (Å²) in [5.74, 6) is -0.918. The van der Waals surface area contributed by atoms with Crippen LogP contribution in [0.2, 0.25) is 0 Å². The largest absolute Gasteiger partial charge is 0.481 e. The van der Waals surface area contributed by atoms with Crippen LogP contribution in [0.25, 0.3) is 0 Å². The summed E-state index contributed by atoms with van der Waals surface area (Å²) in [5.41, 5.74) is -1.58. The SMILES string of the molecule is CC(C)(CO)CNC1(CC(=O)O)CN(C(=O)OC(C)(C)C)C1. The van der Waals surface area contributed by atoms with E-state index in [1.807, 2.05) is 13.8 Å². The van der Waals surface area contributed by atoms with Gasteiger partial charge in [-0.05, 0) is 20.8 Å². The summed E-state index contributed by atoms with van der Waals surface area (Å²) in [6.07, 6.45) is -0.509. The lowest BCUT2D eigenvalue weighted by Gasteiger charge is -2.50. The molecule has 3 N–H and O–H groups in total. The van der Waals surface area contributed by atoms with Crippen molar-refractivity contribution < 1.29 is 24.5 Å². The number of hydrogen-bond acceptors (Lipinski definition) is 5. The van der Waals surface area contributed by atoms with Crippen LogP contribution in [-0.2, 0) is 9.53 Å². The first-order valence-electron chi connectivity index (χ1n) is 7.44. The third kappa shape index (κ3) is 5.46. The number of carboxylic acid groups (broad SMARTS) is 1. The molecule has 0 atom stereocenters. The lowest BCUT2D eigenvalue weighted by atomic mass is 9.84. The first kappa shape index (κ1) is 18.7. The van der Waals surface area contributed by atoms with E-state index < -0.39 is 23.2 Å². The van der Waals surface area contributed by atoms with Crippen molar-refractivity contribution in [2.75, 3.05) is 26.2 Å². The molecule has 0 unspecified atom stereocenters. The maximum absolute atomic E-state index is 12.0. The Hall–Kier alpha value is -1.34. The van der Waals surface area contributed by atoms with Crippen LogP contribution in [0, 0.1) is 5.41 Å². The molecule has 0 aliphatic carbocycles. The fourth-order valence-electron chi connectivity index (χ4n) is 2.20. The third-order valence-corrected chi connectivity index (χ3v) is 3.50. The summed E-state index contributed by atoms with van der Waals surface area (Å²) in [6, 6.07) is 0. The highest BCUT2D eigenvalue weighted by Gasteiger charge is 2.48. The highest BCUT2D eigenvalue weighted by Crippen LogP contribution is 2.28. The molecule has 1 aliphatic heterocycles. The number of carbonyl (C=O) groups excluding carboxylic acids is 1. The number of carboxylic acids is 1. The van der Waals surface area contributed by atoms with Crippen LogP contribution in [0.15, 0.2) is 0 Å². The Bertz CT molecular complexity index is 422. The van der Waals surface area contributed by atoms with E-state index >= 15 is 0 Å². The first-order valence-corrected chi connectivity index (χ1v) is 7.44. The molecule has 7 nitrogen and oxygen atoms in total. The molecule has 1 aliphatic rings. The molecule has 1 saturated heterocycles. The summed E-state index contributed by atoms with van der Waals surface area (Å²) in [4.78, 5) is 24.5. The van der Waals surface area contributed by atoms with Crippen LogP contribution >= 0.6 is 0 Å². The zero-order valence-corrected chi connectivity index (χ0v) is 14.1. The molecule has 1 rings (SSSR count). The number of aliphatic hydroxyl groups excluding tert-OH is 1. The lowest BCUT2D eigenvalue weighted by molar-refractivity contribution is -0.141. The Morgan fingerprint density at radius 3 is 2.18 bits per heavy atom. The van der Waals surface area contributed by atoms with Gasteiger partial charge in [-0.2, -0.15) is 0 Å². The van der Waals surface area contributed by atoms with Crippen molar-refractivity contribution >= 4 is 12.1 Å². The third-order valence-electron chi connectivity index (χ3n) is 3.50. The van der Waals surface area contributed by atoms with Gasteiger partial charge >= 0.3 is 12.1 Å². The smallest absolute Gasteiger partial charge is 0.410 e. The number of aliphatic hydroxyl groups is 1. The van der Waals surface area contributed by atoms with Gasteiger partial charge in [0.05, 0.1) is 12.0 Å². The van der Waals surface area contributed by atoms with E-state index in [1.165, 1.54) is 4.90 Å². The number of rotatable bonds is 6. The Morgan fingerprint density at radius 1 is 1.23 bits per heavy atom. The van der Waals surface area contributed by atoms with E-state index in [2.05, 4.69) is 5.32 Å². The lowest BCUT2D eigenvalue weighted by Crippen LogP contribution is -2.72. The molecule has 1 heterocycles.